The maximum Gasteiger partial charge on any atom is 0.224 e. The minimum absolute atomic E-state index is 0.483. The Bertz CT molecular complexity index is 698. The Balaban J connectivity index is 1.89. The third-order valence-electron chi connectivity index (χ3n) is 2.84. The van der Waals surface area contributed by atoms with Crippen molar-refractivity contribution in [2.24, 2.45) is 0 Å². The smallest absolute Gasteiger partial charge is 0.224 e. The van der Waals surface area contributed by atoms with Crippen LogP contribution in [-0.4, -0.2) is 9.97 Å². The molecule has 2 aromatic carbocycles. The Morgan fingerprint density at radius 3 is 2.68 bits per heavy atom. The highest BCUT2D eigenvalue weighted by Crippen LogP contribution is 2.23. The topological polar surface area (TPSA) is 61.0 Å². The summed E-state index contributed by atoms with van der Waals surface area (Å²) in [6, 6.07) is 15.5. The molecule has 4 nitrogen and oxygen atoms in total. The summed E-state index contributed by atoms with van der Waals surface area (Å²) in [5.74, 6) is 0.578. The lowest BCUT2D eigenvalue weighted by Crippen LogP contribution is -1.98. The molecule has 0 spiro atoms. The molecule has 0 amide bonds. The van der Waals surface area contributed by atoms with Crippen LogP contribution in [0.1, 0.15) is 5.56 Å². The van der Waals surface area contributed by atoms with Gasteiger partial charge in [0, 0.05) is 5.69 Å². The first kappa shape index (κ1) is 11.5. The second kappa shape index (κ2) is 4.94. The summed E-state index contributed by atoms with van der Waals surface area (Å²) < 4.78 is 5.75. The molecule has 1 heterocycles. The van der Waals surface area contributed by atoms with Crippen LogP contribution in [-0.2, 0) is 6.61 Å². The first-order valence-electron chi connectivity index (χ1n) is 6.00. The van der Waals surface area contributed by atoms with Crippen molar-refractivity contribution in [1.29, 1.82) is 0 Å². The Labute approximate surface area is 110 Å². The number of fused-ring (bicyclic) bond motifs is 1. The molecule has 0 atom stereocenters. The van der Waals surface area contributed by atoms with Gasteiger partial charge < -0.3 is 10.5 Å². The molecule has 0 fully saturated rings. The van der Waals surface area contributed by atoms with Gasteiger partial charge in [0.2, 0.25) is 5.88 Å². The molecular formula is C15H13N3O. The molecule has 19 heavy (non-hydrogen) atoms. The van der Waals surface area contributed by atoms with Crippen LogP contribution in [0.15, 0.2) is 54.9 Å². The van der Waals surface area contributed by atoms with E-state index in [1.807, 2.05) is 48.5 Å². The van der Waals surface area contributed by atoms with Gasteiger partial charge in [0.15, 0.2) is 0 Å². The molecule has 4 heteroatoms. The minimum Gasteiger partial charge on any atom is -0.472 e. The van der Waals surface area contributed by atoms with Gasteiger partial charge in [0.05, 0.1) is 10.9 Å². The van der Waals surface area contributed by atoms with E-state index in [1.165, 1.54) is 6.33 Å². The molecule has 0 unspecified atom stereocenters. The molecule has 0 aliphatic carbocycles. The van der Waals surface area contributed by atoms with Crippen molar-refractivity contribution >= 4 is 16.6 Å². The number of hydrogen-bond donors (Lipinski definition) is 1. The van der Waals surface area contributed by atoms with Crippen molar-refractivity contribution in [3.05, 3.63) is 60.4 Å². The molecule has 1 aromatic heterocycles. The number of nitrogen functional groups attached to an aromatic ring is 1. The maximum absolute atomic E-state index is 5.75. The number of nitrogens with two attached hydrogens (primary N) is 1. The van der Waals surface area contributed by atoms with E-state index < -0.39 is 0 Å². The number of anilines is 1. The second-order valence-corrected chi connectivity index (χ2v) is 4.23. The summed E-state index contributed by atoms with van der Waals surface area (Å²) in [4.78, 5) is 8.36. The highest BCUT2D eigenvalue weighted by Gasteiger charge is 2.05. The van der Waals surface area contributed by atoms with E-state index in [0.29, 0.717) is 18.2 Å². The summed E-state index contributed by atoms with van der Waals surface area (Å²) in [6.07, 6.45) is 1.49. The molecule has 3 aromatic rings. The van der Waals surface area contributed by atoms with Crippen LogP contribution in [0.5, 0.6) is 5.88 Å². The number of rotatable bonds is 3. The number of benzene rings is 2. The minimum atomic E-state index is 0.483. The van der Waals surface area contributed by atoms with Crippen molar-refractivity contribution in [3.63, 3.8) is 0 Å². The van der Waals surface area contributed by atoms with Gasteiger partial charge in [-0.25, -0.2) is 9.97 Å². The average molecular weight is 251 g/mol. The zero-order valence-corrected chi connectivity index (χ0v) is 10.3. The Hall–Kier alpha value is -2.62. The standard InChI is InChI=1S/C15H13N3O/c16-12-6-7-13-14(8-12)17-10-18-15(13)19-9-11-4-2-1-3-5-11/h1-8,10H,9,16H2. The molecule has 3 rings (SSSR count). The van der Waals surface area contributed by atoms with E-state index in [9.17, 15) is 0 Å². The molecule has 0 bridgehead atoms. The molecule has 0 radical (unpaired) electrons. The fraction of sp³-hybridized carbons (Fsp3) is 0.0667. The van der Waals surface area contributed by atoms with Crippen LogP contribution >= 0.6 is 0 Å². The number of aromatic nitrogens is 2. The first-order chi connectivity index (χ1) is 9.33. The summed E-state index contributed by atoms with van der Waals surface area (Å²) in [6.45, 7) is 0.483. The average Bonchev–Trinajstić information content (AvgIpc) is 2.45. The Morgan fingerprint density at radius 1 is 1.00 bits per heavy atom. The van der Waals surface area contributed by atoms with Gasteiger partial charge in [-0.05, 0) is 23.8 Å². The van der Waals surface area contributed by atoms with Crippen molar-refractivity contribution in [2.45, 2.75) is 6.61 Å². The van der Waals surface area contributed by atoms with Gasteiger partial charge in [0.25, 0.3) is 0 Å². The molecule has 0 saturated carbocycles. The molecule has 0 saturated heterocycles. The second-order valence-electron chi connectivity index (χ2n) is 4.23. The Kier molecular flexibility index (Phi) is 2.98. The van der Waals surface area contributed by atoms with Gasteiger partial charge in [-0.3, -0.25) is 0 Å². The summed E-state index contributed by atoms with van der Waals surface area (Å²) in [5, 5.41) is 0.868. The van der Waals surface area contributed by atoms with Gasteiger partial charge in [-0.1, -0.05) is 30.3 Å². The van der Waals surface area contributed by atoms with Gasteiger partial charge in [0.1, 0.15) is 12.9 Å². The monoisotopic (exact) mass is 251 g/mol. The number of hydrogen-bond acceptors (Lipinski definition) is 4. The third kappa shape index (κ3) is 2.47. The van der Waals surface area contributed by atoms with Crippen LogP contribution in [0.4, 0.5) is 5.69 Å². The lowest BCUT2D eigenvalue weighted by Gasteiger charge is -2.08. The predicted octanol–water partition coefficient (Wildman–Crippen LogP) is 2.79. The summed E-state index contributed by atoms with van der Waals surface area (Å²) in [7, 11) is 0. The summed E-state index contributed by atoms with van der Waals surface area (Å²) in [5.41, 5.74) is 8.31. The Morgan fingerprint density at radius 2 is 1.84 bits per heavy atom. The van der Waals surface area contributed by atoms with E-state index in [4.69, 9.17) is 10.5 Å². The van der Waals surface area contributed by atoms with E-state index in [0.717, 1.165) is 16.5 Å². The van der Waals surface area contributed by atoms with Crippen LogP contribution in [0.2, 0.25) is 0 Å². The maximum atomic E-state index is 5.75. The first-order valence-corrected chi connectivity index (χ1v) is 6.00. The molecular weight excluding hydrogens is 238 g/mol. The van der Waals surface area contributed by atoms with Crippen molar-refractivity contribution < 1.29 is 4.74 Å². The molecule has 94 valence electrons. The lowest BCUT2D eigenvalue weighted by atomic mass is 10.2. The fourth-order valence-corrected chi connectivity index (χ4v) is 1.89. The zero-order valence-electron chi connectivity index (χ0n) is 10.3. The third-order valence-corrected chi connectivity index (χ3v) is 2.84. The van der Waals surface area contributed by atoms with Gasteiger partial charge >= 0.3 is 0 Å². The van der Waals surface area contributed by atoms with Crippen LogP contribution in [0, 0.1) is 0 Å². The zero-order chi connectivity index (χ0) is 13.1. The van der Waals surface area contributed by atoms with E-state index >= 15 is 0 Å². The number of ether oxygens (including phenoxy) is 1. The SMILES string of the molecule is Nc1ccc2c(OCc3ccccc3)ncnc2c1. The van der Waals surface area contributed by atoms with Crippen molar-refractivity contribution in [3.8, 4) is 5.88 Å². The predicted molar refractivity (Wildman–Crippen MR) is 74.7 cm³/mol. The normalized spacial score (nSPS) is 10.5. The largest absolute Gasteiger partial charge is 0.472 e. The number of nitrogens with zero attached hydrogens (tertiary/aromatic N) is 2. The molecule has 0 aliphatic heterocycles. The van der Waals surface area contributed by atoms with Gasteiger partial charge in [-0.15, -0.1) is 0 Å². The van der Waals surface area contributed by atoms with Crippen molar-refractivity contribution in [1.82, 2.24) is 9.97 Å². The molecule has 0 aliphatic rings. The summed E-state index contributed by atoms with van der Waals surface area (Å²) >= 11 is 0. The lowest BCUT2D eigenvalue weighted by molar-refractivity contribution is 0.297. The van der Waals surface area contributed by atoms with Crippen molar-refractivity contribution in [2.75, 3.05) is 5.73 Å². The fourth-order valence-electron chi connectivity index (χ4n) is 1.89. The van der Waals surface area contributed by atoms with E-state index in [2.05, 4.69) is 9.97 Å². The van der Waals surface area contributed by atoms with Crippen LogP contribution in [0.25, 0.3) is 10.9 Å². The molecule has 2 N–H and O–H groups in total. The quantitative estimate of drug-likeness (QED) is 0.727. The van der Waals surface area contributed by atoms with E-state index in [1.54, 1.807) is 0 Å². The van der Waals surface area contributed by atoms with Crippen LogP contribution in [0.3, 0.4) is 0 Å². The highest BCUT2D eigenvalue weighted by atomic mass is 16.5. The highest BCUT2D eigenvalue weighted by molar-refractivity contribution is 5.85. The van der Waals surface area contributed by atoms with Crippen LogP contribution < -0.4 is 10.5 Å². The van der Waals surface area contributed by atoms with Gasteiger partial charge in [-0.2, -0.15) is 0 Å². The van der Waals surface area contributed by atoms with E-state index in [-0.39, 0.29) is 0 Å².